The molecule has 142 valence electrons. The first-order valence-electron chi connectivity index (χ1n) is 8.00. The summed E-state index contributed by atoms with van der Waals surface area (Å²) in [5.74, 6) is 0.586. The first kappa shape index (κ1) is 18.7. The topological polar surface area (TPSA) is 91.2 Å². The molecule has 0 aliphatic rings. The maximum Gasteiger partial charge on any atom is 0.282 e. The number of rotatable bonds is 5. The van der Waals surface area contributed by atoms with Gasteiger partial charge in [0.2, 0.25) is 5.75 Å². The van der Waals surface area contributed by atoms with Gasteiger partial charge >= 0.3 is 0 Å². The molecule has 0 unspecified atom stereocenters. The Morgan fingerprint density at radius 1 is 1.11 bits per heavy atom. The van der Waals surface area contributed by atoms with Crippen molar-refractivity contribution >= 4 is 27.9 Å². The second-order valence-corrected chi connectivity index (χ2v) is 6.95. The highest BCUT2D eigenvalue weighted by molar-refractivity contribution is 7.16. The number of carbonyl (C=O) groups excluding carboxylic acids is 1. The minimum atomic E-state index is -0.483. The van der Waals surface area contributed by atoms with Gasteiger partial charge in [-0.05, 0) is 26.0 Å². The molecule has 3 rings (SSSR count). The quantitative estimate of drug-likeness (QED) is 0.721. The maximum absolute atomic E-state index is 12.8. The molecule has 27 heavy (non-hydrogen) atoms. The molecule has 0 aliphatic carbocycles. The van der Waals surface area contributed by atoms with Gasteiger partial charge in [-0.2, -0.15) is 0 Å². The van der Waals surface area contributed by atoms with E-state index in [4.69, 9.17) is 14.2 Å². The summed E-state index contributed by atoms with van der Waals surface area (Å²) in [6.07, 6.45) is 1.70. The van der Waals surface area contributed by atoms with Crippen LogP contribution in [0.15, 0.2) is 23.1 Å². The van der Waals surface area contributed by atoms with Crippen LogP contribution in [0.2, 0.25) is 0 Å². The van der Waals surface area contributed by atoms with Crippen molar-refractivity contribution < 1.29 is 19.0 Å². The lowest BCUT2D eigenvalue weighted by molar-refractivity contribution is 0.102. The molecular formula is C18H19N3O5S. The van der Waals surface area contributed by atoms with E-state index in [0.717, 1.165) is 4.88 Å². The molecule has 0 bridgehead atoms. The van der Waals surface area contributed by atoms with Gasteiger partial charge in [0, 0.05) is 16.6 Å². The van der Waals surface area contributed by atoms with Crippen molar-refractivity contribution in [2.24, 2.45) is 0 Å². The number of benzene rings is 1. The van der Waals surface area contributed by atoms with Crippen molar-refractivity contribution in [2.75, 3.05) is 26.6 Å². The Morgan fingerprint density at radius 3 is 2.30 bits per heavy atom. The fraction of sp³-hybridized carbons (Fsp3) is 0.278. The number of ether oxygens (including phenoxy) is 3. The van der Waals surface area contributed by atoms with Crippen molar-refractivity contribution in [2.45, 2.75) is 13.8 Å². The van der Waals surface area contributed by atoms with Crippen LogP contribution < -0.4 is 25.1 Å². The summed E-state index contributed by atoms with van der Waals surface area (Å²) in [4.78, 5) is 31.4. The van der Waals surface area contributed by atoms with Gasteiger partial charge in [0.05, 0.1) is 27.0 Å². The minimum Gasteiger partial charge on any atom is -0.493 e. The molecule has 3 aromatic rings. The zero-order valence-electron chi connectivity index (χ0n) is 15.6. The van der Waals surface area contributed by atoms with E-state index in [2.05, 4.69) is 10.3 Å². The predicted molar refractivity (Wildman–Crippen MR) is 103 cm³/mol. The smallest absolute Gasteiger partial charge is 0.282 e. The number of fused-ring (bicyclic) bond motifs is 1. The second-order valence-electron chi connectivity index (χ2n) is 5.74. The van der Waals surface area contributed by atoms with Crippen LogP contribution in [-0.4, -0.2) is 36.6 Å². The number of amides is 1. The predicted octanol–water partition coefficient (Wildman–Crippen LogP) is 2.65. The highest BCUT2D eigenvalue weighted by Gasteiger charge is 2.19. The molecule has 0 fully saturated rings. The molecule has 0 radical (unpaired) electrons. The lowest BCUT2D eigenvalue weighted by Crippen LogP contribution is -2.24. The number of hydrogen-bond donors (Lipinski definition) is 1. The van der Waals surface area contributed by atoms with Crippen LogP contribution in [0.3, 0.4) is 0 Å². The van der Waals surface area contributed by atoms with Crippen LogP contribution in [0.4, 0.5) is 5.69 Å². The standard InChI is InChI=1S/C18H19N3O5S/c1-9-8-21-17(23)14(10(2)19-18(21)27-9)20-16(22)11-6-12(24-3)15(26-5)13(7-11)25-4/h6-8H,1-5H3,(H,20,22). The van der Waals surface area contributed by atoms with E-state index in [-0.39, 0.29) is 16.8 Å². The number of thiazole rings is 1. The Labute approximate surface area is 159 Å². The van der Waals surface area contributed by atoms with E-state index < -0.39 is 5.91 Å². The summed E-state index contributed by atoms with van der Waals surface area (Å²) in [5.41, 5.74) is 0.504. The van der Waals surface area contributed by atoms with Crippen molar-refractivity contribution in [3.8, 4) is 17.2 Å². The van der Waals surface area contributed by atoms with Crippen molar-refractivity contribution in [3.63, 3.8) is 0 Å². The average molecular weight is 389 g/mol. The highest BCUT2D eigenvalue weighted by atomic mass is 32.1. The van der Waals surface area contributed by atoms with Gasteiger partial charge < -0.3 is 19.5 Å². The second kappa shape index (κ2) is 7.28. The summed E-state index contributed by atoms with van der Waals surface area (Å²) < 4.78 is 17.2. The van der Waals surface area contributed by atoms with E-state index in [9.17, 15) is 9.59 Å². The number of aryl methyl sites for hydroxylation is 2. The van der Waals surface area contributed by atoms with Crippen molar-refractivity contribution in [3.05, 3.63) is 44.8 Å². The normalized spacial score (nSPS) is 10.7. The van der Waals surface area contributed by atoms with Gasteiger partial charge in [0.15, 0.2) is 16.5 Å². The summed E-state index contributed by atoms with van der Waals surface area (Å²) in [6, 6.07) is 3.04. The number of anilines is 1. The van der Waals surface area contributed by atoms with Crippen LogP contribution in [0, 0.1) is 13.8 Å². The van der Waals surface area contributed by atoms with Gasteiger partial charge in [-0.3, -0.25) is 14.0 Å². The largest absolute Gasteiger partial charge is 0.493 e. The van der Waals surface area contributed by atoms with Crippen LogP contribution in [0.1, 0.15) is 20.9 Å². The van der Waals surface area contributed by atoms with E-state index in [1.165, 1.54) is 49.2 Å². The third-order valence-electron chi connectivity index (χ3n) is 3.99. The summed E-state index contributed by atoms with van der Waals surface area (Å²) >= 11 is 1.41. The summed E-state index contributed by atoms with van der Waals surface area (Å²) in [7, 11) is 4.41. The van der Waals surface area contributed by atoms with Crippen LogP contribution in [0.5, 0.6) is 17.2 Å². The number of nitrogens with zero attached hydrogens (tertiary/aromatic N) is 2. The van der Waals surface area contributed by atoms with Gasteiger partial charge in [-0.15, -0.1) is 11.3 Å². The number of aromatic nitrogens is 2. The average Bonchev–Trinajstić information content (AvgIpc) is 3.03. The fourth-order valence-corrected chi connectivity index (χ4v) is 3.56. The van der Waals surface area contributed by atoms with Crippen LogP contribution >= 0.6 is 11.3 Å². The highest BCUT2D eigenvalue weighted by Crippen LogP contribution is 2.38. The van der Waals surface area contributed by atoms with Crippen LogP contribution in [-0.2, 0) is 0 Å². The Balaban J connectivity index is 2.03. The number of nitrogens with one attached hydrogen (secondary N) is 1. The van der Waals surface area contributed by atoms with Gasteiger partial charge in [0.1, 0.15) is 5.69 Å². The van der Waals surface area contributed by atoms with Crippen molar-refractivity contribution in [1.29, 1.82) is 0 Å². The molecule has 0 aliphatic heterocycles. The number of methoxy groups -OCH3 is 3. The van der Waals surface area contributed by atoms with Crippen molar-refractivity contribution in [1.82, 2.24) is 9.38 Å². The maximum atomic E-state index is 12.8. The fourth-order valence-electron chi connectivity index (χ4n) is 2.70. The lowest BCUT2D eigenvalue weighted by Gasteiger charge is -2.14. The molecule has 8 nitrogen and oxygen atoms in total. The molecule has 9 heteroatoms. The third kappa shape index (κ3) is 3.33. The minimum absolute atomic E-state index is 0.129. The molecule has 0 saturated heterocycles. The van der Waals surface area contributed by atoms with Gasteiger partial charge in [0.25, 0.3) is 11.5 Å². The molecule has 2 aromatic heterocycles. The summed E-state index contributed by atoms with van der Waals surface area (Å²) in [6.45, 7) is 3.57. The summed E-state index contributed by atoms with van der Waals surface area (Å²) in [5, 5.41) is 2.65. The molecule has 0 spiro atoms. The molecule has 1 amide bonds. The Kier molecular flexibility index (Phi) is 5.04. The monoisotopic (exact) mass is 389 g/mol. The van der Waals surface area contributed by atoms with E-state index in [1.807, 2.05) is 6.92 Å². The van der Waals surface area contributed by atoms with E-state index >= 15 is 0 Å². The first-order valence-corrected chi connectivity index (χ1v) is 8.82. The Morgan fingerprint density at radius 2 is 1.74 bits per heavy atom. The number of carbonyl (C=O) groups is 1. The van der Waals surface area contributed by atoms with Gasteiger partial charge in [-0.1, -0.05) is 0 Å². The lowest BCUT2D eigenvalue weighted by atomic mass is 10.1. The van der Waals surface area contributed by atoms with Crippen LogP contribution in [0.25, 0.3) is 4.96 Å². The molecule has 2 heterocycles. The molecule has 0 saturated carbocycles. The number of hydrogen-bond acceptors (Lipinski definition) is 7. The van der Waals surface area contributed by atoms with E-state index in [1.54, 1.807) is 13.1 Å². The molecule has 1 N–H and O–H groups in total. The van der Waals surface area contributed by atoms with Gasteiger partial charge in [-0.25, -0.2) is 4.98 Å². The third-order valence-corrected chi connectivity index (χ3v) is 4.89. The Bertz CT molecular complexity index is 1060. The SMILES string of the molecule is COc1cc(C(=O)Nc2c(C)nc3sc(C)cn3c2=O)cc(OC)c1OC. The molecule has 0 atom stereocenters. The molecule has 1 aromatic carbocycles. The zero-order valence-corrected chi connectivity index (χ0v) is 16.4. The Hall–Kier alpha value is -3.07. The zero-order chi connectivity index (χ0) is 19.7. The van der Waals surface area contributed by atoms with E-state index in [0.29, 0.717) is 27.9 Å². The first-order chi connectivity index (χ1) is 12.9. The molecular weight excluding hydrogens is 370 g/mol.